The minimum atomic E-state index is -2.33. The summed E-state index contributed by atoms with van der Waals surface area (Å²) >= 11 is -2.33. The molecule has 0 aromatic heterocycles. The molecule has 0 bridgehead atoms. The number of para-hydroxylation sites is 1. The van der Waals surface area contributed by atoms with Gasteiger partial charge in [-0.1, -0.05) is 29.3 Å². The standard InChI is InChI=1S/C14H12O5S/c15-14(16)10-6-7-13(11(8-10)9-20(17)18)19-12-4-2-1-3-5-12/h1-8H,9H2,(H,15,16)(H,17,18)/p-1. The molecule has 104 valence electrons. The summed E-state index contributed by atoms with van der Waals surface area (Å²) in [6.07, 6.45) is 0. The molecular weight excluding hydrogens is 280 g/mol. The molecule has 2 rings (SSSR count). The van der Waals surface area contributed by atoms with Gasteiger partial charge in [-0.25, -0.2) is 4.79 Å². The molecule has 0 fully saturated rings. The van der Waals surface area contributed by atoms with Crippen molar-refractivity contribution in [2.45, 2.75) is 5.75 Å². The second kappa shape index (κ2) is 6.31. The van der Waals surface area contributed by atoms with Gasteiger partial charge in [0.2, 0.25) is 0 Å². The molecule has 0 saturated heterocycles. The molecule has 0 spiro atoms. The molecule has 0 aliphatic rings. The smallest absolute Gasteiger partial charge is 0.335 e. The van der Waals surface area contributed by atoms with Crippen molar-refractivity contribution >= 4 is 17.0 Å². The summed E-state index contributed by atoms with van der Waals surface area (Å²) in [6.45, 7) is 0. The summed E-state index contributed by atoms with van der Waals surface area (Å²) in [5.74, 6) is -0.545. The first-order valence-electron chi connectivity index (χ1n) is 5.71. The molecule has 5 nitrogen and oxygen atoms in total. The maximum atomic E-state index is 10.9. The van der Waals surface area contributed by atoms with Crippen LogP contribution in [-0.4, -0.2) is 19.8 Å². The predicted octanol–water partition coefficient (Wildman–Crippen LogP) is 2.56. The van der Waals surface area contributed by atoms with Crippen LogP contribution in [-0.2, 0) is 16.8 Å². The number of aromatic carboxylic acids is 1. The number of carboxylic acid groups (broad SMARTS) is 1. The molecule has 1 unspecified atom stereocenters. The third-order valence-electron chi connectivity index (χ3n) is 2.55. The third kappa shape index (κ3) is 3.66. The van der Waals surface area contributed by atoms with Gasteiger partial charge in [0.25, 0.3) is 0 Å². The van der Waals surface area contributed by atoms with E-state index in [1.54, 1.807) is 24.3 Å². The van der Waals surface area contributed by atoms with E-state index in [9.17, 15) is 13.6 Å². The zero-order valence-corrected chi connectivity index (χ0v) is 11.1. The van der Waals surface area contributed by atoms with Crippen molar-refractivity contribution < 1.29 is 23.4 Å². The molecule has 1 N–H and O–H groups in total. The number of ether oxygens (including phenoxy) is 1. The number of hydrogen-bond acceptors (Lipinski definition) is 4. The molecule has 0 amide bonds. The number of carbonyl (C=O) groups is 1. The van der Waals surface area contributed by atoms with E-state index in [0.717, 1.165) is 0 Å². The Balaban J connectivity index is 2.36. The van der Waals surface area contributed by atoms with Crippen LogP contribution in [0.1, 0.15) is 15.9 Å². The normalized spacial score (nSPS) is 11.8. The lowest BCUT2D eigenvalue weighted by Gasteiger charge is -2.13. The van der Waals surface area contributed by atoms with Crippen molar-refractivity contribution in [3.63, 3.8) is 0 Å². The van der Waals surface area contributed by atoms with E-state index in [2.05, 4.69) is 0 Å². The maximum absolute atomic E-state index is 10.9. The number of rotatable bonds is 5. The molecular formula is C14H11O5S-. The molecule has 1 atom stereocenters. The van der Waals surface area contributed by atoms with Gasteiger partial charge in [0.05, 0.1) is 5.56 Å². The van der Waals surface area contributed by atoms with Gasteiger partial charge in [-0.3, -0.25) is 4.21 Å². The average Bonchev–Trinajstić information content (AvgIpc) is 2.41. The van der Waals surface area contributed by atoms with Gasteiger partial charge >= 0.3 is 5.97 Å². The van der Waals surface area contributed by atoms with Crippen molar-refractivity contribution in [3.8, 4) is 11.5 Å². The van der Waals surface area contributed by atoms with Crippen LogP contribution in [0.4, 0.5) is 0 Å². The second-order valence-corrected chi connectivity index (χ2v) is 4.89. The number of hydrogen-bond donors (Lipinski definition) is 1. The summed E-state index contributed by atoms with van der Waals surface area (Å²) in [5.41, 5.74) is 0.327. The lowest BCUT2D eigenvalue weighted by Crippen LogP contribution is -2.02. The lowest BCUT2D eigenvalue weighted by molar-refractivity contribution is 0.0696. The summed E-state index contributed by atoms with van der Waals surface area (Å²) in [5, 5.41) is 8.93. The molecule has 20 heavy (non-hydrogen) atoms. The minimum Gasteiger partial charge on any atom is -0.772 e. The van der Waals surface area contributed by atoms with Crippen LogP contribution in [0.2, 0.25) is 0 Å². The van der Waals surface area contributed by atoms with E-state index in [1.165, 1.54) is 18.2 Å². The molecule has 6 heteroatoms. The van der Waals surface area contributed by atoms with Crippen molar-refractivity contribution in [2.24, 2.45) is 0 Å². The highest BCUT2D eigenvalue weighted by atomic mass is 32.2. The quantitative estimate of drug-likeness (QED) is 0.855. The van der Waals surface area contributed by atoms with Gasteiger partial charge in [-0.2, -0.15) is 0 Å². The third-order valence-corrected chi connectivity index (χ3v) is 3.10. The van der Waals surface area contributed by atoms with E-state index in [4.69, 9.17) is 9.84 Å². The fourth-order valence-electron chi connectivity index (χ4n) is 1.67. The first kappa shape index (κ1) is 14.2. The van der Waals surface area contributed by atoms with Crippen LogP contribution in [0, 0.1) is 0 Å². The highest BCUT2D eigenvalue weighted by Crippen LogP contribution is 2.27. The SMILES string of the molecule is O=C(O)c1ccc(Oc2ccccc2)c(CS(=O)[O-])c1. The van der Waals surface area contributed by atoms with Gasteiger partial charge in [0, 0.05) is 11.3 Å². The fourth-order valence-corrected chi connectivity index (χ4v) is 2.15. The van der Waals surface area contributed by atoms with E-state index in [-0.39, 0.29) is 11.3 Å². The minimum absolute atomic E-state index is 0.0193. The number of carboxylic acids is 1. The van der Waals surface area contributed by atoms with Crippen molar-refractivity contribution in [3.05, 3.63) is 59.7 Å². The predicted molar refractivity (Wildman–Crippen MR) is 72.5 cm³/mol. The van der Waals surface area contributed by atoms with Gasteiger partial charge in [-0.15, -0.1) is 0 Å². The first-order valence-corrected chi connectivity index (χ1v) is 6.95. The highest BCUT2D eigenvalue weighted by molar-refractivity contribution is 7.78. The van der Waals surface area contributed by atoms with Crippen molar-refractivity contribution in [1.82, 2.24) is 0 Å². The molecule has 2 aromatic rings. The zero-order chi connectivity index (χ0) is 14.5. The molecule has 0 aliphatic carbocycles. The Morgan fingerprint density at radius 3 is 2.50 bits per heavy atom. The maximum Gasteiger partial charge on any atom is 0.335 e. The van der Waals surface area contributed by atoms with Crippen molar-refractivity contribution in [1.29, 1.82) is 0 Å². The molecule has 2 aromatic carbocycles. The van der Waals surface area contributed by atoms with Gasteiger partial charge in [0.1, 0.15) is 11.5 Å². The van der Waals surface area contributed by atoms with Gasteiger partial charge in [-0.05, 0) is 30.3 Å². The Morgan fingerprint density at radius 2 is 1.90 bits per heavy atom. The van der Waals surface area contributed by atoms with Crippen LogP contribution in [0.25, 0.3) is 0 Å². The Bertz CT molecular complexity index is 639. The van der Waals surface area contributed by atoms with Gasteiger partial charge in [0.15, 0.2) is 0 Å². The number of benzene rings is 2. The molecule has 0 heterocycles. The van der Waals surface area contributed by atoms with E-state index >= 15 is 0 Å². The monoisotopic (exact) mass is 291 g/mol. The summed E-state index contributed by atoms with van der Waals surface area (Å²) in [4.78, 5) is 10.9. The summed E-state index contributed by atoms with van der Waals surface area (Å²) in [6, 6.07) is 13.0. The Labute approximate surface area is 118 Å². The van der Waals surface area contributed by atoms with E-state index in [1.807, 2.05) is 6.07 Å². The molecule has 0 saturated carbocycles. The first-order chi connectivity index (χ1) is 9.56. The zero-order valence-electron chi connectivity index (χ0n) is 10.3. The largest absolute Gasteiger partial charge is 0.772 e. The topological polar surface area (TPSA) is 86.7 Å². The van der Waals surface area contributed by atoms with Crippen LogP contribution in [0.5, 0.6) is 11.5 Å². The van der Waals surface area contributed by atoms with E-state index in [0.29, 0.717) is 17.1 Å². The van der Waals surface area contributed by atoms with Crippen LogP contribution >= 0.6 is 0 Å². The van der Waals surface area contributed by atoms with Gasteiger partial charge < -0.3 is 14.4 Å². The van der Waals surface area contributed by atoms with Crippen LogP contribution in [0.3, 0.4) is 0 Å². The second-order valence-electron chi connectivity index (χ2n) is 3.99. The lowest BCUT2D eigenvalue weighted by atomic mass is 10.1. The fraction of sp³-hybridized carbons (Fsp3) is 0.0714. The summed E-state index contributed by atoms with van der Waals surface area (Å²) < 4.78 is 27.3. The Kier molecular flexibility index (Phi) is 4.49. The average molecular weight is 291 g/mol. The molecule has 0 radical (unpaired) electrons. The van der Waals surface area contributed by atoms with Crippen LogP contribution in [0.15, 0.2) is 48.5 Å². The molecule has 0 aliphatic heterocycles. The van der Waals surface area contributed by atoms with E-state index < -0.39 is 17.0 Å². The Hall–Kier alpha value is -2.18. The Morgan fingerprint density at radius 1 is 1.20 bits per heavy atom. The van der Waals surface area contributed by atoms with Crippen molar-refractivity contribution in [2.75, 3.05) is 0 Å². The highest BCUT2D eigenvalue weighted by Gasteiger charge is 2.10. The van der Waals surface area contributed by atoms with Crippen LogP contribution < -0.4 is 4.74 Å². The summed E-state index contributed by atoms with van der Waals surface area (Å²) in [7, 11) is 0.